The SMILES string of the molecule is CCC1(CNC(=NC)NC2C3CCOC3C2(C)C)CCC1. The molecule has 0 aromatic carbocycles. The number of fused-ring (bicyclic) bond motifs is 1. The fraction of sp³-hybridized carbons (Fsp3) is 0.941. The van der Waals surface area contributed by atoms with E-state index in [-0.39, 0.29) is 5.41 Å². The van der Waals surface area contributed by atoms with Crippen LogP contribution in [-0.4, -0.2) is 38.3 Å². The van der Waals surface area contributed by atoms with Crippen LogP contribution in [-0.2, 0) is 4.74 Å². The highest BCUT2D eigenvalue weighted by Gasteiger charge is 2.59. The highest BCUT2D eigenvalue weighted by Crippen LogP contribution is 2.52. The maximum atomic E-state index is 5.87. The molecule has 2 aliphatic carbocycles. The van der Waals surface area contributed by atoms with Gasteiger partial charge >= 0.3 is 0 Å². The van der Waals surface area contributed by atoms with E-state index in [4.69, 9.17) is 4.74 Å². The summed E-state index contributed by atoms with van der Waals surface area (Å²) in [6.45, 7) is 8.91. The van der Waals surface area contributed by atoms with Gasteiger partial charge in [0.15, 0.2) is 5.96 Å². The van der Waals surface area contributed by atoms with Gasteiger partial charge in [0.25, 0.3) is 0 Å². The Labute approximate surface area is 129 Å². The first-order valence-electron chi connectivity index (χ1n) is 8.61. The molecule has 0 aromatic heterocycles. The highest BCUT2D eigenvalue weighted by molar-refractivity contribution is 5.80. The summed E-state index contributed by atoms with van der Waals surface area (Å²) in [5.41, 5.74) is 0.726. The number of aliphatic imine (C=N–C) groups is 1. The van der Waals surface area contributed by atoms with Crippen LogP contribution in [0.5, 0.6) is 0 Å². The number of rotatable bonds is 4. The van der Waals surface area contributed by atoms with Gasteiger partial charge in [-0.1, -0.05) is 27.2 Å². The van der Waals surface area contributed by atoms with Crippen molar-refractivity contribution in [2.24, 2.45) is 21.7 Å². The topological polar surface area (TPSA) is 45.7 Å². The van der Waals surface area contributed by atoms with Crippen molar-refractivity contribution in [1.82, 2.24) is 10.6 Å². The van der Waals surface area contributed by atoms with Crippen LogP contribution in [0.4, 0.5) is 0 Å². The zero-order valence-corrected chi connectivity index (χ0v) is 14.0. The minimum Gasteiger partial charge on any atom is -0.377 e. The van der Waals surface area contributed by atoms with Gasteiger partial charge < -0.3 is 15.4 Å². The minimum atomic E-state index is 0.206. The Morgan fingerprint density at radius 3 is 2.67 bits per heavy atom. The maximum Gasteiger partial charge on any atom is 0.191 e. The second kappa shape index (κ2) is 5.45. The summed E-state index contributed by atoms with van der Waals surface area (Å²) >= 11 is 0. The molecule has 1 saturated heterocycles. The summed E-state index contributed by atoms with van der Waals surface area (Å²) in [5.74, 6) is 1.63. The monoisotopic (exact) mass is 293 g/mol. The number of hydrogen-bond donors (Lipinski definition) is 2. The fourth-order valence-corrected chi connectivity index (χ4v) is 4.56. The van der Waals surface area contributed by atoms with E-state index in [1.165, 1.54) is 32.1 Å². The zero-order chi connectivity index (χ0) is 15.1. The summed E-state index contributed by atoms with van der Waals surface area (Å²) in [6.07, 6.45) is 6.99. The highest BCUT2D eigenvalue weighted by atomic mass is 16.5. The molecule has 0 spiro atoms. The van der Waals surface area contributed by atoms with Crippen molar-refractivity contribution in [2.75, 3.05) is 20.2 Å². The molecule has 0 amide bonds. The molecular weight excluding hydrogens is 262 g/mol. The molecule has 4 heteroatoms. The van der Waals surface area contributed by atoms with Gasteiger partial charge in [-0.2, -0.15) is 0 Å². The third-order valence-electron chi connectivity index (χ3n) is 6.41. The predicted octanol–water partition coefficient (Wildman–Crippen LogP) is 2.55. The molecule has 2 N–H and O–H groups in total. The summed E-state index contributed by atoms with van der Waals surface area (Å²) < 4.78 is 5.87. The summed E-state index contributed by atoms with van der Waals surface area (Å²) in [6, 6.07) is 0.482. The Morgan fingerprint density at radius 1 is 1.33 bits per heavy atom. The molecule has 1 aliphatic heterocycles. The van der Waals surface area contributed by atoms with E-state index in [1.807, 2.05) is 7.05 Å². The van der Waals surface area contributed by atoms with Gasteiger partial charge in [0.05, 0.1) is 6.10 Å². The molecular formula is C17H31N3O. The Hall–Kier alpha value is -0.770. The van der Waals surface area contributed by atoms with E-state index < -0.39 is 0 Å². The van der Waals surface area contributed by atoms with Crippen molar-refractivity contribution in [3.8, 4) is 0 Å². The smallest absolute Gasteiger partial charge is 0.191 e. The van der Waals surface area contributed by atoms with Crippen molar-refractivity contribution in [3.05, 3.63) is 0 Å². The molecule has 2 saturated carbocycles. The predicted molar refractivity (Wildman–Crippen MR) is 86.5 cm³/mol. The second-order valence-corrected chi connectivity index (χ2v) is 7.82. The van der Waals surface area contributed by atoms with Gasteiger partial charge in [0, 0.05) is 37.6 Å². The van der Waals surface area contributed by atoms with Crippen LogP contribution in [0.15, 0.2) is 4.99 Å². The molecule has 3 unspecified atom stereocenters. The van der Waals surface area contributed by atoms with Gasteiger partial charge in [-0.15, -0.1) is 0 Å². The van der Waals surface area contributed by atoms with E-state index in [1.54, 1.807) is 0 Å². The largest absolute Gasteiger partial charge is 0.377 e. The van der Waals surface area contributed by atoms with Gasteiger partial charge in [0.2, 0.25) is 0 Å². The lowest BCUT2D eigenvalue weighted by atomic mass is 9.57. The van der Waals surface area contributed by atoms with Crippen molar-refractivity contribution >= 4 is 5.96 Å². The van der Waals surface area contributed by atoms with Crippen molar-refractivity contribution < 1.29 is 4.74 Å². The molecule has 4 nitrogen and oxygen atoms in total. The van der Waals surface area contributed by atoms with Crippen LogP contribution in [0.1, 0.15) is 52.9 Å². The number of guanidine groups is 1. The van der Waals surface area contributed by atoms with Crippen LogP contribution >= 0.6 is 0 Å². The van der Waals surface area contributed by atoms with E-state index in [0.29, 0.717) is 23.5 Å². The third kappa shape index (κ3) is 2.45. The fourth-order valence-electron chi connectivity index (χ4n) is 4.56. The van der Waals surface area contributed by atoms with Gasteiger partial charge in [-0.25, -0.2) is 0 Å². The van der Waals surface area contributed by atoms with E-state index in [2.05, 4.69) is 36.4 Å². The van der Waals surface area contributed by atoms with Gasteiger partial charge in [-0.05, 0) is 31.1 Å². The van der Waals surface area contributed by atoms with Crippen LogP contribution in [0.3, 0.4) is 0 Å². The van der Waals surface area contributed by atoms with Crippen molar-refractivity contribution in [2.45, 2.75) is 65.0 Å². The molecule has 0 radical (unpaired) electrons. The Balaban J connectivity index is 1.55. The molecule has 1 heterocycles. The van der Waals surface area contributed by atoms with Crippen LogP contribution < -0.4 is 10.6 Å². The molecule has 0 bridgehead atoms. The lowest BCUT2D eigenvalue weighted by Gasteiger charge is -2.55. The van der Waals surface area contributed by atoms with Crippen molar-refractivity contribution in [1.29, 1.82) is 0 Å². The normalized spacial score (nSPS) is 36.4. The lowest BCUT2D eigenvalue weighted by Crippen LogP contribution is -2.68. The maximum absolute atomic E-state index is 5.87. The number of hydrogen-bond acceptors (Lipinski definition) is 2. The average Bonchev–Trinajstić information content (AvgIpc) is 2.88. The first-order chi connectivity index (χ1) is 10.0. The molecule has 21 heavy (non-hydrogen) atoms. The molecule has 3 fully saturated rings. The summed E-state index contributed by atoms with van der Waals surface area (Å²) in [7, 11) is 1.88. The van der Waals surface area contributed by atoms with Gasteiger partial charge in [-0.3, -0.25) is 4.99 Å². The average molecular weight is 293 g/mol. The number of ether oxygens (including phenoxy) is 1. The second-order valence-electron chi connectivity index (χ2n) is 7.82. The zero-order valence-electron chi connectivity index (χ0n) is 14.0. The Kier molecular flexibility index (Phi) is 3.93. The summed E-state index contributed by atoms with van der Waals surface area (Å²) in [5, 5.41) is 7.25. The van der Waals surface area contributed by atoms with Gasteiger partial charge in [0.1, 0.15) is 0 Å². The quantitative estimate of drug-likeness (QED) is 0.618. The van der Waals surface area contributed by atoms with Crippen LogP contribution in [0, 0.1) is 16.7 Å². The Bertz CT molecular complexity index is 409. The first-order valence-corrected chi connectivity index (χ1v) is 8.61. The molecule has 0 aromatic rings. The molecule has 3 rings (SSSR count). The molecule has 3 atom stereocenters. The van der Waals surface area contributed by atoms with E-state index in [9.17, 15) is 0 Å². The molecule has 3 aliphatic rings. The Morgan fingerprint density at radius 2 is 2.10 bits per heavy atom. The lowest BCUT2D eigenvalue weighted by molar-refractivity contribution is -0.106. The van der Waals surface area contributed by atoms with Crippen LogP contribution in [0.2, 0.25) is 0 Å². The van der Waals surface area contributed by atoms with Crippen molar-refractivity contribution in [3.63, 3.8) is 0 Å². The van der Waals surface area contributed by atoms with E-state index >= 15 is 0 Å². The third-order valence-corrected chi connectivity index (χ3v) is 6.41. The number of nitrogens with zero attached hydrogens (tertiary/aromatic N) is 1. The number of nitrogens with one attached hydrogen (secondary N) is 2. The standard InChI is InChI=1S/C17H31N3O/c1-5-17(8-6-9-17)11-19-15(18-4)20-13-12-7-10-21-14(12)16(13,2)3/h12-14H,5-11H2,1-4H3,(H2,18,19,20). The molecule has 120 valence electrons. The van der Waals surface area contributed by atoms with Crippen LogP contribution in [0.25, 0.3) is 0 Å². The van der Waals surface area contributed by atoms with E-state index in [0.717, 1.165) is 19.1 Å². The minimum absolute atomic E-state index is 0.206. The summed E-state index contributed by atoms with van der Waals surface area (Å²) in [4.78, 5) is 4.44. The first kappa shape index (κ1) is 15.1.